The molecule has 0 aliphatic heterocycles. The fourth-order valence-corrected chi connectivity index (χ4v) is 1.13. The summed E-state index contributed by atoms with van der Waals surface area (Å²) in [7, 11) is 0. The lowest BCUT2D eigenvalue weighted by Gasteiger charge is -2.08. The lowest BCUT2D eigenvalue weighted by Crippen LogP contribution is -2.07. The van der Waals surface area contributed by atoms with Gasteiger partial charge in [-0.25, -0.2) is 4.79 Å². The van der Waals surface area contributed by atoms with Gasteiger partial charge in [-0.1, -0.05) is 38.8 Å². The largest absolute Gasteiger partial charge is 0.462 e. The van der Waals surface area contributed by atoms with Crippen LogP contribution in [0, 0.1) is 0 Å². The molecular formula is C11H20O3S. The Bertz CT molecular complexity index is 222. The molecule has 0 aromatic carbocycles. The van der Waals surface area contributed by atoms with Crippen LogP contribution in [-0.2, 0) is 9.53 Å². The van der Waals surface area contributed by atoms with E-state index in [9.17, 15) is 4.79 Å². The SMILES string of the molecule is C=C(SC(=C)C(C)O)C(=O)OCC.CC. The van der Waals surface area contributed by atoms with E-state index in [0.717, 1.165) is 11.8 Å². The molecule has 1 N–H and O–H groups in total. The summed E-state index contributed by atoms with van der Waals surface area (Å²) in [6.45, 7) is 14.7. The average Bonchev–Trinajstić information content (AvgIpc) is 2.20. The lowest BCUT2D eigenvalue weighted by molar-refractivity contribution is -0.137. The number of hydrogen-bond donors (Lipinski definition) is 1. The van der Waals surface area contributed by atoms with Crippen LogP contribution in [0.2, 0.25) is 0 Å². The monoisotopic (exact) mass is 232 g/mol. The van der Waals surface area contributed by atoms with Gasteiger partial charge in [0.05, 0.1) is 17.6 Å². The van der Waals surface area contributed by atoms with Crippen molar-refractivity contribution >= 4 is 17.7 Å². The summed E-state index contributed by atoms with van der Waals surface area (Å²) in [5.41, 5.74) is 0. The molecule has 0 aliphatic carbocycles. The van der Waals surface area contributed by atoms with E-state index in [2.05, 4.69) is 13.2 Å². The van der Waals surface area contributed by atoms with Gasteiger partial charge in [-0.3, -0.25) is 0 Å². The minimum Gasteiger partial charge on any atom is -0.462 e. The molecule has 0 radical (unpaired) electrons. The topological polar surface area (TPSA) is 46.5 Å². The summed E-state index contributed by atoms with van der Waals surface area (Å²) in [4.78, 5) is 11.8. The highest BCUT2D eigenvalue weighted by Crippen LogP contribution is 2.25. The maximum atomic E-state index is 11.0. The summed E-state index contributed by atoms with van der Waals surface area (Å²) in [6.07, 6.45) is -0.656. The highest BCUT2D eigenvalue weighted by atomic mass is 32.2. The van der Waals surface area contributed by atoms with Crippen molar-refractivity contribution in [3.05, 3.63) is 23.0 Å². The Morgan fingerprint density at radius 2 is 1.93 bits per heavy atom. The summed E-state index contributed by atoms with van der Waals surface area (Å²) >= 11 is 1.04. The number of aliphatic hydroxyl groups excluding tert-OH is 1. The Hall–Kier alpha value is -0.740. The van der Waals surface area contributed by atoms with Crippen molar-refractivity contribution in [3.8, 4) is 0 Å². The number of carbonyl (C=O) groups is 1. The first kappa shape index (κ1) is 16.7. The number of rotatable bonds is 5. The minimum absolute atomic E-state index is 0.243. The molecular weight excluding hydrogens is 212 g/mol. The van der Waals surface area contributed by atoms with E-state index >= 15 is 0 Å². The Labute approximate surface area is 96.2 Å². The van der Waals surface area contributed by atoms with Gasteiger partial charge in [-0.2, -0.15) is 0 Å². The van der Waals surface area contributed by atoms with Gasteiger partial charge in [0.25, 0.3) is 0 Å². The number of aliphatic hydroxyl groups is 1. The maximum absolute atomic E-state index is 11.0. The van der Waals surface area contributed by atoms with Gasteiger partial charge in [-0.05, 0) is 13.8 Å². The molecule has 0 saturated heterocycles. The van der Waals surface area contributed by atoms with Gasteiger partial charge in [0.2, 0.25) is 0 Å². The van der Waals surface area contributed by atoms with E-state index < -0.39 is 12.1 Å². The van der Waals surface area contributed by atoms with Crippen LogP contribution in [0.1, 0.15) is 27.7 Å². The first-order valence-electron chi connectivity index (χ1n) is 4.89. The van der Waals surface area contributed by atoms with Crippen molar-refractivity contribution in [2.24, 2.45) is 0 Å². The molecule has 0 aromatic rings. The van der Waals surface area contributed by atoms with E-state index in [0.29, 0.717) is 11.5 Å². The Balaban J connectivity index is 0. The summed E-state index contributed by atoms with van der Waals surface area (Å²) in [5, 5.41) is 9.07. The molecule has 0 amide bonds. The first-order chi connectivity index (χ1) is 6.99. The predicted octanol–water partition coefficient (Wildman–Crippen LogP) is 2.72. The van der Waals surface area contributed by atoms with Crippen LogP contribution in [0.5, 0.6) is 0 Å². The highest BCUT2D eigenvalue weighted by Gasteiger charge is 2.12. The van der Waals surface area contributed by atoms with Crippen LogP contribution in [0.15, 0.2) is 23.0 Å². The molecule has 4 heteroatoms. The second-order valence-electron chi connectivity index (χ2n) is 2.39. The molecule has 0 heterocycles. The minimum atomic E-state index is -0.656. The van der Waals surface area contributed by atoms with Crippen LogP contribution in [0.3, 0.4) is 0 Å². The van der Waals surface area contributed by atoms with Gasteiger partial charge in [-0.15, -0.1) is 0 Å². The Morgan fingerprint density at radius 3 is 2.27 bits per heavy atom. The molecule has 0 saturated carbocycles. The quantitative estimate of drug-likeness (QED) is 0.585. The molecule has 0 rings (SSSR count). The number of carbonyl (C=O) groups excluding carboxylic acids is 1. The van der Waals surface area contributed by atoms with E-state index in [1.165, 1.54) is 0 Å². The second-order valence-corrected chi connectivity index (χ2v) is 3.61. The number of hydrogen-bond acceptors (Lipinski definition) is 4. The fraction of sp³-hybridized carbons (Fsp3) is 0.545. The smallest absolute Gasteiger partial charge is 0.344 e. The van der Waals surface area contributed by atoms with Gasteiger partial charge in [0.15, 0.2) is 0 Å². The molecule has 0 bridgehead atoms. The molecule has 88 valence electrons. The predicted molar refractivity (Wildman–Crippen MR) is 65.5 cm³/mol. The van der Waals surface area contributed by atoms with Crippen molar-refractivity contribution in [2.75, 3.05) is 6.61 Å². The Kier molecular flexibility index (Phi) is 10.9. The third-order valence-corrected chi connectivity index (χ3v) is 2.24. The molecule has 3 nitrogen and oxygen atoms in total. The fourth-order valence-electron chi connectivity index (χ4n) is 0.497. The molecule has 1 atom stereocenters. The van der Waals surface area contributed by atoms with E-state index in [-0.39, 0.29) is 4.91 Å². The molecule has 1 unspecified atom stereocenters. The summed E-state index contributed by atoms with van der Waals surface area (Å²) < 4.78 is 4.70. The number of ether oxygens (including phenoxy) is 1. The van der Waals surface area contributed by atoms with E-state index in [4.69, 9.17) is 9.84 Å². The molecule has 0 aliphatic rings. The standard InChI is InChI=1S/C9H14O3S.C2H6/c1-5-12-9(11)8(4)13-7(3)6(2)10;1-2/h6,10H,3-5H2,1-2H3;1-2H3. The third kappa shape index (κ3) is 8.27. The molecule has 0 aromatic heterocycles. The lowest BCUT2D eigenvalue weighted by atomic mass is 10.4. The van der Waals surface area contributed by atoms with Crippen molar-refractivity contribution in [2.45, 2.75) is 33.8 Å². The summed E-state index contributed by atoms with van der Waals surface area (Å²) in [6, 6.07) is 0. The zero-order chi connectivity index (χ0) is 12.4. The van der Waals surface area contributed by atoms with Crippen LogP contribution in [0.4, 0.5) is 0 Å². The van der Waals surface area contributed by atoms with Gasteiger partial charge >= 0.3 is 5.97 Å². The highest BCUT2D eigenvalue weighted by molar-refractivity contribution is 8.07. The van der Waals surface area contributed by atoms with Crippen molar-refractivity contribution in [1.82, 2.24) is 0 Å². The zero-order valence-corrected chi connectivity index (χ0v) is 10.7. The normalized spacial score (nSPS) is 10.7. The van der Waals surface area contributed by atoms with Crippen LogP contribution >= 0.6 is 11.8 Å². The van der Waals surface area contributed by atoms with Crippen molar-refractivity contribution < 1.29 is 14.6 Å². The molecule has 0 fully saturated rings. The van der Waals surface area contributed by atoms with Gasteiger partial charge in [0, 0.05) is 4.91 Å². The average molecular weight is 232 g/mol. The first-order valence-corrected chi connectivity index (χ1v) is 5.71. The van der Waals surface area contributed by atoms with Crippen LogP contribution < -0.4 is 0 Å². The molecule has 15 heavy (non-hydrogen) atoms. The third-order valence-electron chi connectivity index (χ3n) is 1.22. The van der Waals surface area contributed by atoms with Gasteiger partial charge < -0.3 is 9.84 Å². The Morgan fingerprint density at radius 1 is 1.47 bits per heavy atom. The van der Waals surface area contributed by atoms with E-state index in [1.807, 2.05) is 13.8 Å². The van der Waals surface area contributed by atoms with Crippen molar-refractivity contribution in [3.63, 3.8) is 0 Å². The van der Waals surface area contributed by atoms with Crippen LogP contribution in [-0.4, -0.2) is 23.8 Å². The molecule has 0 spiro atoms. The maximum Gasteiger partial charge on any atom is 0.344 e. The second kappa shape index (κ2) is 9.80. The zero-order valence-electron chi connectivity index (χ0n) is 9.87. The number of esters is 1. The number of thioether (sulfide) groups is 1. The summed E-state index contributed by atoms with van der Waals surface area (Å²) in [5.74, 6) is -0.464. The van der Waals surface area contributed by atoms with Crippen molar-refractivity contribution in [1.29, 1.82) is 0 Å². The van der Waals surface area contributed by atoms with Crippen LogP contribution in [0.25, 0.3) is 0 Å². The van der Waals surface area contributed by atoms with E-state index in [1.54, 1.807) is 13.8 Å². The van der Waals surface area contributed by atoms with Gasteiger partial charge in [0.1, 0.15) is 0 Å².